The molecule has 0 spiro atoms. The van der Waals surface area contributed by atoms with Gasteiger partial charge in [-0.25, -0.2) is 4.39 Å². The Morgan fingerprint density at radius 1 is 0.550 bits per heavy atom. The molecule has 0 unspecified atom stereocenters. The molecular weight excluding hydrogens is 247 g/mol. The first-order valence-electron chi connectivity index (χ1n) is 6.58. The van der Waals surface area contributed by atoms with E-state index in [1.807, 2.05) is 66.7 Å². The number of benzene rings is 3. The summed E-state index contributed by atoms with van der Waals surface area (Å²) in [7, 11) is 0. The topological polar surface area (TPSA) is 0 Å². The smallest absolute Gasteiger partial charge is 0.123 e. The van der Waals surface area contributed by atoms with Crippen LogP contribution >= 0.6 is 0 Å². The van der Waals surface area contributed by atoms with Crippen molar-refractivity contribution >= 4 is 0 Å². The van der Waals surface area contributed by atoms with Gasteiger partial charge in [0.1, 0.15) is 5.82 Å². The molecule has 0 fully saturated rings. The van der Waals surface area contributed by atoms with Gasteiger partial charge in [0.25, 0.3) is 0 Å². The minimum atomic E-state index is -0.216. The second kappa shape index (κ2) is 5.70. The lowest BCUT2D eigenvalue weighted by Gasteiger charge is -2.17. The zero-order valence-electron chi connectivity index (χ0n) is 11.0. The van der Waals surface area contributed by atoms with Crippen LogP contribution in [0, 0.1) is 11.7 Å². The van der Waals surface area contributed by atoms with E-state index in [9.17, 15) is 4.39 Å². The van der Waals surface area contributed by atoms with E-state index in [0.717, 1.165) is 22.6 Å². The normalized spacial score (nSPS) is 10.7. The summed E-state index contributed by atoms with van der Waals surface area (Å²) in [5.74, 6) is 0.831. The molecule has 0 saturated heterocycles. The van der Waals surface area contributed by atoms with Crippen LogP contribution in [0.15, 0.2) is 84.9 Å². The minimum Gasteiger partial charge on any atom is -0.207 e. The lowest BCUT2D eigenvalue weighted by atomic mass is 9.85. The zero-order chi connectivity index (χ0) is 13.8. The third-order valence-corrected chi connectivity index (χ3v) is 3.24. The van der Waals surface area contributed by atoms with Crippen molar-refractivity contribution in [2.75, 3.05) is 0 Å². The van der Waals surface area contributed by atoms with Crippen LogP contribution in [0.1, 0.15) is 16.7 Å². The molecule has 0 atom stereocenters. The van der Waals surface area contributed by atoms with Crippen LogP contribution in [0.3, 0.4) is 0 Å². The third-order valence-electron chi connectivity index (χ3n) is 3.24. The van der Waals surface area contributed by atoms with Crippen molar-refractivity contribution in [1.82, 2.24) is 0 Å². The second-order valence-electron chi connectivity index (χ2n) is 4.62. The SMILES string of the molecule is Fc1cccc([C](c2ccccc2)c2ccccc2)c1. The molecule has 3 rings (SSSR count). The van der Waals surface area contributed by atoms with Crippen molar-refractivity contribution in [3.05, 3.63) is 113 Å². The van der Waals surface area contributed by atoms with Crippen molar-refractivity contribution in [3.63, 3.8) is 0 Å². The van der Waals surface area contributed by atoms with Crippen LogP contribution < -0.4 is 0 Å². The quantitative estimate of drug-likeness (QED) is 0.591. The zero-order valence-corrected chi connectivity index (χ0v) is 11.0. The average Bonchev–Trinajstić information content (AvgIpc) is 2.50. The van der Waals surface area contributed by atoms with Gasteiger partial charge in [0.15, 0.2) is 0 Å². The molecule has 1 radical (unpaired) electrons. The summed E-state index contributed by atoms with van der Waals surface area (Å²) in [5, 5.41) is 0. The Labute approximate surface area is 118 Å². The number of halogens is 1. The fourth-order valence-electron chi connectivity index (χ4n) is 2.35. The molecule has 0 N–H and O–H groups in total. The van der Waals surface area contributed by atoms with E-state index in [0.29, 0.717) is 0 Å². The van der Waals surface area contributed by atoms with Gasteiger partial charge in [-0.3, -0.25) is 0 Å². The van der Waals surface area contributed by atoms with Crippen molar-refractivity contribution in [2.45, 2.75) is 0 Å². The number of hydrogen-bond donors (Lipinski definition) is 0. The van der Waals surface area contributed by atoms with Crippen molar-refractivity contribution in [2.24, 2.45) is 0 Å². The lowest BCUT2D eigenvalue weighted by molar-refractivity contribution is 0.626. The number of hydrogen-bond acceptors (Lipinski definition) is 0. The van der Waals surface area contributed by atoms with E-state index in [4.69, 9.17) is 0 Å². The Morgan fingerprint density at radius 2 is 1.05 bits per heavy atom. The molecule has 3 aromatic rings. The molecule has 3 aromatic carbocycles. The molecule has 20 heavy (non-hydrogen) atoms. The summed E-state index contributed by atoms with van der Waals surface area (Å²) in [5.41, 5.74) is 3.07. The Hall–Kier alpha value is -2.41. The van der Waals surface area contributed by atoms with E-state index >= 15 is 0 Å². The summed E-state index contributed by atoms with van der Waals surface area (Å²) >= 11 is 0. The molecule has 0 bridgehead atoms. The van der Waals surface area contributed by atoms with Gasteiger partial charge in [0.05, 0.1) is 5.92 Å². The highest BCUT2D eigenvalue weighted by atomic mass is 19.1. The van der Waals surface area contributed by atoms with E-state index < -0.39 is 0 Å². The molecule has 0 aliphatic heterocycles. The van der Waals surface area contributed by atoms with Gasteiger partial charge >= 0.3 is 0 Å². The predicted molar refractivity (Wildman–Crippen MR) is 79.8 cm³/mol. The second-order valence-corrected chi connectivity index (χ2v) is 4.62. The maximum atomic E-state index is 13.5. The van der Waals surface area contributed by atoms with Gasteiger partial charge in [-0.15, -0.1) is 0 Å². The monoisotopic (exact) mass is 261 g/mol. The van der Waals surface area contributed by atoms with Crippen LogP contribution in [-0.2, 0) is 0 Å². The van der Waals surface area contributed by atoms with Gasteiger partial charge < -0.3 is 0 Å². The summed E-state index contributed by atoms with van der Waals surface area (Å²) in [6, 6.07) is 26.9. The summed E-state index contributed by atoms with van der Waals surface area (Å²) in [6.45, 7) is 0. The fourth-order valence-corrected chi connectivity index (χ4v) is 2.35. The number of rotatable bonds is 3. The fraction of sp³-hybridized carbons (Fsp3) is 0. The van der Waals surface area contributed by atoms with Crippen molar-refractivity contribution in [3.8, 4) is 0 Å². The van der Waals surface area contributed by atoms with Crippen LogP contribution in [0.25, 0.3) is 0 Å². The van der Waals surface area contributed by atoms with Crippen molar-refractivity contribution < 1.29 is 4.39 Å². The van der Waals surface area contributed by atoms with E-state index in [1.165, 1.54) is 6.07 Å². The molecule has 0 amide bonds. The van der Waals surface area contributed by atoms with Crippen molar-refractivity contribution in [1.29, 1.82) is 0 Å². The van der Waals surface area contributed by atoms with E-state index in [2.05, 4.69) is 0 Å². The molecular formula is C19H14F. The summed E-state index contributed by atoms with van der Waals surface area (Å²) in [4.78, 5) is 0. The minimum absolute atomic E-state index is 0.216. The maximum absolute atomic E-state index is 13.5. The first kappa shape index (κ1) is 12.6. The van der Waals surface area contributed by atoms with Gasteiger partial charge in [-0.2, -0.15) is 0 Å². The molecule has 1 heteroatoms. The summed E-state index contributed by atoms with van der Waals surface area (Å²) < 4.78 is 13.5. The Morgan fingerprint density at radius 3 is 1.55 bits per heavy atom. The molecule has 0 aliphatic carbocycles. The van der Waals surface area contributed by atoms with Crippen LogP contribution in [-0.4, -0.2) is 0 Å². The molecule has 97 valence electrons. The first-order valence-corrected chi connectivity index (χ1v) is 6.58. The van der Waals surface area contributed by atoms with Crippen LogP contribution in [0.4, 0.5) is 4.39 Å². The highest BCUT2D eigenvalue weighted by Crippen LogP contribution is 2.30. The molecule has 0 aromatic heterocycles. The average molecular weight is 261 g/mol. The van der Waals surface area contributed by atoms with Gasteiger partial charge in [0.2, 0.25) is 0 Å². The molecule has 0 aliphatic rings. The van der Waals surface area contributed by atoms with E-state index in [-0.39, 0.29) is 5.82 Å². The Bertz CT molecular complexity index is 635. The van der Waals surface area contributed by atoms with Crippen LogP contribution in [0.5, 0.6) is 0 Å². The molecule has 0 heterocycles. The standard InChI is InChI=1S/C19H14F/c20-18-13-7-12-17(14-18)19(15-8-3-1-4-9-15)16-10-5-2-6-11-16/h1-14H. The van der Waals surface area contributed by atoms with E-state index in [1.54, 1.807) is 12.1 Å². The largest absolute Gasteiger partial charge is 0.207 e. The van der Waals surface area contributed by atoms with Crippen LogP contribution in [0.2, 0.25) is 0 Å². The molecule has 0 saturated carbocycles. The lowest BCUT2D eigenvalue weighted by Crippen LogP contribution is -2.04. The van der Waals surface area contributed by atoms with Gasteiger partial charge in [-0.05, 0) is 28.8 Å². The predicted octanol–water partition coefficient (Wildman–Crippen LogP) is 4.84. The van der Waals surface area contributed by atoms with Gasteiger partial charge in [0, 0.05) is 0 Å². The maximum Gasteiger partial charge on any atom is 0.123 e. The highest BCUT2D eigenvalue weighted by Gasteiger charge is 2.17. The third kappa shape index (κ3) is 2.62. The van der Waals surface area contributed by atoms with Gasteiger partial charge in [-0.1, -0.05) is 72.8 Å². The Kier molecular flexibility index (Phi) is 3.60. The highest BCUT2D eigenvalue weighted by molar-refractivity contribution is 5.56. The first-order chi connectivity index (χ1) is 9.84. The molecule has 0 nitrogen and oxygen atoms in total. The Balaban J connectivity index is 2.14. The summed E-state index contributed by atoms with van der Waals surface area (Å²) in [6.07, 6.45) is 0.